The van der Waals surface area contributed by atoms with E-state index in [4.69, 9.17) is 4.74 Å². The second kappa shape index (κ2) is 9.64. The third-order valence-electron chi connectivity index (χ3n) is 5.36. The van der Waals surface area contributed by atoms with E-state index < -0.39 is 0 Å². The number of hydrogen-bond acceptors (Lipinski definition) is 5. The molecule has 1 atom stereocenters. The Morgan fingerprint density at radius 1 is 1.25 bits per heavy atom. The highest BCUT2D eigenvalue weighted by molar-refractivity contribution is 5.91. The van der Waals surface area contributed by atoms with Gasteiger partial charge in [0.15, 0.2) is 0 Å². The van der Waals surface area contributed by atoms with Crippen LogP contribution in [0.1, 0.15) is 34.6 Å². The number of carbonyl (C=O) groups excluding carboxylic acids is 1. The van der Waals surface area contributed by atoms with Crippen LogP contribution in [0.2, 0.25) is 0 Å². The summed E-state index contributed by atoms with van der Waals surface area (Å²) in [5, 5.41) is 0. The lowest BCUT2D eigenvalue weighted by Crippen LogP contribution is -2.42. The van der Waals surface area contributed by atoms with Crippen LogP contribution in [0.15, 0.2) is 36.7 Å². The molecule has 0 saturated carbocycles. The molecule has 0 N–H and O–H groups in total. The van der Waals surface area contributed by atoms with Crippen molar-refractivity contribution in [3.05, 3.63) is 53.6 Å². The number of ether oxygens (including phenoxy) is 1. The van der Waals surface area contributed by atoms with Gasteiger partial charge in [-0.2, -0.15) is 0 Å². The summed E-state index contributed by atoms with van der Waals surface area (Å²) in [4.78, 5) is 25.3. The first-order chi connectivity index (χ1) is 13.5. The highest BCUT2D eigenvalue weighted by Gasteiger charge is 2.23. The van der Waals surface area contributed by atoms with Crippen molar-refractivity contribution in [2.75, 3.05) is 40.3 Å². The van der Waals surface area contributed by atoms with Crippen molar-refractivity contribution in [1.29, 1.82) is 0 Å². The largest absolute Gasteiger partial charge is 0.497 e. The summed E-state index contributed by atoms with van der Waals surface area (Å²) in [6.45, 7) is 5.84. The highest BCUT2D eigenvalue weighted by atomic mass is 16.5. The number of benzene rings is 1. The summed E-state index contributed by atoms with van der Waals surface area (Å²) in [6.07, 6.45) is 6.58. The van der Waals surface area contributed by atoms with Gasteiger partial charge in [-0.3, -0.25) is 9.78 Å². The van der Waals surface area contributed by atoms with Gasteiger partial charge in [0, 0.05) is 32.9 Å². The van der Waals surface area contributed by atoms with Crippen LogP contribution in [0, 0.1) is 12.8 Å². The Hall–Kier alpha value is -2.47. The van der Waals surface area contributed by atoms with Gasteiger partial charge >= 0.3 is 0 Å². The molecule has 1 aromatic heterocycles. The number of aryl methyl sites for hydroxylation is 1. The van der Waals surface area contributed by atoms with E-state index in [-0.39, 0.29) is 5.91 Å². The molecule has 1 aliphatic rings. The molecular weight excluding hydrogens is 352 g/mol. The third kappa shape index (κ3) is 5.52. The van der Waals surface area contributed by atoms with E-state index in [1.54, 1.807) is 24.4 Å². The van der Waals surface area contributed by atoms with Crippen molar-refractivity contribution in [1.82, 2.24) is 19.8 Å². The molecular formula is C22H30N4O2. The number of aromatic nitrogens is 2. The zero-order chi connectivity index (χ0) is 19.9. The molecule has 0 spiro atoms. The van der Waals surface area contributed by atoms with Crippen LogP contribution in [0.5, 0.6) is 5.75 Å². The number of piperidine rings is 1. The molecule has 6 nitrogen and oxygen atoms in total. The van der Waals surface area contributed by atoms with Crippen molar-refractivity contribution >= 4 is 5.91 Å². The standard InChI is InChI=1S/C22H30N4O2/c1-17-13-24-21(14-23-17)22(27)25(2)15-19-5-4-11-26(16-19)12-10-18-6-8-20(28-3)9-7-18/h6-9,13-14,19H,4-5,10-12,15-16H2,1-3H3/t19-/m0/s1. The maximum Gasteiger partial charge on any atom is 0.273 e. The predicted molar refractivity (Wildman–Crippen MR) is 110 cm³/mol. The lowest BCUT2D eigenvalue weighted by Gasteiger charge is -2.34. The van der Waals surface area contributed by atoms with Crippen LogP contribution in [-0.4, -0.2) is 66.0 Å². The zero-order valence-corrected chi connectivity index (χ0v) is 17.1. The monoisotopic (exact) mass is 382 g/mol. The molecule has 1 aromatic carbocycles. The number of hydrogen-bond donors (Lipinski definition) is 0. The number of amides is 1. The van der Waals surface area contributed by atoms with Gasteiger partial charge in [0.05, 0.1) is 19.0 Å². The normalized spacial score (nSPS) is 17.3. The molecule has 150 valence electrons. The van der Waals surface area contributed by atoms with E-state index in [9.17, 15) is 4.79 Å². The first-order valence-corrected chi connectivity index (χ1v) is 9.94. The van der Waals surface area contributed by atoms with Gasteiger partial charge in [-0.25, -0.2) is 4.98 Å². The summed E-state index contributed by atoms with van der Waals surface area (Å²) >= 11 is 0. The van der Waals surface area contributed by atoms with Gasteiger partial charge < -0.3 is 14.5 Å². The quantitative estimate of drug-likeness (QED) is 0.737. The minimum absolute atomic E-state index is 0.0529. The van der Waals surface area contributed by atoms with Crippen LogP contribution < -0.4 is 4.74 Å². The Kier molecular flexibility index (Phi) is 6.98. The summed E-state index contributed by atoms with van der Waals surface area (Å²) in [5.74, 6) is 1.34. The van der Waals surface area contributed by atoms with Gasteiger partial charge in [-0.1, -0.05) is 12.1 Å². The first kappa shape index (κ1) is 20.3. The lowest BCUT2D eigenvalue weighted by atomic mass is 9.97. The Morgan fingerprint density at radius 3 is 2.71 bits per heavy atom. The third-order valence-corrected chi connectivity index (χ3v) is 5.36. The SMILES string of the molecule is COc1ccc(CCN2CCC[C@@H](CN(C)C(=O)c3cnc(C)cn3)C2)cc1. The summed E-state index contributed by atoms with van der Waals surface area (Å²) in [5.41, 5.74) is 2.56. The summed E-state index contributed by atoms with van der Waals surface area (Å²) < 4.78 is 5.22. The molecule has 0 radical (unpaired) electrons. The van der Waals surface area contributed by atoms with E-state index in [1.807, 2.05) is 26.1 Å². The fraction of sp³-hybridized carbons (Fsp3) is 0.500. The second-order valence-corrected chi connectivity index (χ2v) is 7.64. The summed E-state index contributed by atoms with van der Waals surface area (Å²) in [7, 11) is 3.55. The maximum absolute atomic E-state index is 12.6. The molecule has 1 amide bonds. The fourth-order valence-corrected chi connectivity index (χ4v) is 3.75. The molecule has 1 saturated heterocycles. The molecule has 0 aliphatic carbocycles. The second-order valence-electron chi connectivity index (χ2n) is 7.64. The molecule has 1 fully saturated rings. The Morgan fingerprint density at radius 2 is 2.04 bits per heavy atom. The van der Waals surface area contributed by atoms with Crippen LogP contribution in [0.25, 0.3) is 0 Å². The molecule has 6 heteroatoms. The van der Waals surface area contributed by atoms with Crippen molar-refractivity contribution in [2.45, 2.75) is 26.2 Å². The minimum Gasteiger partial charge on any atom is -0.497 e. The topological polar surface area (TPSA) is 58.6 Å². The van der Waals surface area contributed by atoms with Gasteiger partial charge in [-0.05, 0) is 56.3 Å². The van der Waals surface area contributed by atoms with Crippen LogP contribution in [0.4, 0.5) is 0 Å². The molecule has 0 unspecified atom stereocenters. The van der Waals surface area contributed by atoms with Crippen molar-refractivity contribution in [3.8, 4) is 5.75 Å². The van der Waals surface area contributed by atoms with Gasteiger partial charge in [-0.15, -0.1) is 0 Å². The average Bonchev–Trinajstić information content (AvgIpc) is 2.73. The average molecular weight is 383 g/mol. The zero-order valence-electron chi connectivity index (χ0n) is 17.1. The molecule has 2 heterocycles. The fourth-order valence-electron chi connectivity index (χ4n) is 3.75. The predicted octanol–water partition coefficient (Wildman–Crippen LogP) is 2.82. The summed E-state index contributed by atoms with van der Waals surface area (Å²) in [6, 6.07) is 8.30. The Balaban J connectivity index is 1.48. The van der Waals surface area contributed by atoms with Crippen molar-refractivity contribution in [2.24, 2.45) is 5.92 Å². The van der Waals surface area contributed by atoms with Crippen molar-refractivity contribution in [3.63, 3.8) is 0 Å². The van der Waals surface area contributed by atoms with Crippen LogP contribution in [0.3, 0.4) is 0 Å². The molecule has 1 aliphatic heterocycles. The Labute approximate surface area is 167 Å². The van der Waals surface area contributed by atoms with E-state index >= 15 is 0 Å². The molecule has 2 aromatic rings. The molecule has 3 rings (SSSR count). The van der Waals surface area contributed by atoms with Crippen molar-refractivity contribution < 1.29 is 9.53 Å². The number of rotatable bonds is 7. The lowest BCUT2D eigenvalue weighted by molar-refractivity contribution is 0.0724. The van der Waals surface area contributed by atoms with E-state index in [0.29, 0.717) is 11.6 Å². The smallest absolute Gasteiger partial charge is 0.273 e. The molecule has 28 heavy (non-hydrogen) atoms. The Bertz CT molecular complexity index is 761. The van der Waals surface area contributed by atoms with E-state index in [0.717, 1.165) is 50.5 Å². The number of nitrogens with zero attached hydrogens (tertiary/aromatic N) is 4. The number of carbonyl (C=O) groups is 1. The number of methoxy groups -OCH3 is 1. The molecule has 0 bridgehead atoms. The van der Waals surface area contributed by atoms with Gasteiger partial charge in [0.1, 0.15) is 11.4 Å². The number of likely N-dealkylation sites (tertiary alicyclic amines) is 1. The minimum atomic E-state index is -0.0529. The van der Waals surface area contributed by atoms with E-state index in [2.05, 4.69) is 27.0 Å². The maximum atomic E-state index is 12.6. The van der Waals surface area contributed by atoms with Crippen LogP contribution >= 0.6 is 0 Å². The van der Waals surface area contributed by atoms with E-state index in [1.165, 1.54) is 12.0 Å². The van der Waals surface area contributed by atoms with Gasteiger partial charge in [0.2, 0.25) is 0 Å². The van der Waals surface area contributed by atoms with Gasteiger partial charge in [0.25, 0.3) is 5.91 Å². The highest BCUT2D eigenvalue weighted by Crippen LogP contribution is 2.19. The first-order valence-electron chi connectivity index (χ1n) is 9.94. The van der Waals surface area contributed by atoms with Crippen LogP contribution in [-0.2, 0) is 6.42 Å².